The van der Waals surface area contributed by atoms with Crippen LogP contribution in [0.5, 0.6) is 0 Å². The van der Waals surface area contributed by atoms with E-state index in [0.29, 0.717) is 0 Å². The summed E-state index contributed by atoms with van der Waals surface area (Å²) >= 11 is 0. The predicted octanol–water partition coefficient (Wildman–Crippen LogP) is 3.76. The fourth-order valence-corrected chi connectivity index (χ4v) is 6.49. The van der Waals surface area contributed by atoms with Crippen LogP contribution in [0.3, 0.4) is 0 Å². The molecular weight excluding hydrogens is 160 g/mol. The first kappa shape index (κ1) is 8.80. The van der Waals surface area contributed by atoms with Gasteiger partial charge in [-0.25, -0.2) is 0 Å². The molecule has 0 N–H and O–H groups in total. The van der Waals surface area contributed by atoms with Crippen LogP contribution in [0.2, 0.25) is 25.2 Å². The van der Waals surface area contributed by atoms with Gasteiger partial charge in [-0.15, -0.1) is 0 Å². The van der Waals surface area contributed by atoms with E-state index in [4.69, 9.17) is 0 Å². The summed E-state index contributed by atoms with van der Waals surface area (Å²) in [6, 6.07) is 0. The van der Waals surface area contributed by atoms with E-state index in [-0.39, 0.29) is 0 Å². The van der Waals surface area contributed by atoms with Gasteiger partial charge < -0.3 is 0 Å². The third-order valence-electron chi connectivity index (χ3n) is 4.26. The van der Waals surface area contributed by atoms with Gasteiger partial charge in [0, 0.05) is 8.07 Å². The van der Waals surface area contributed by atoms with Gasteiger partial charge in [0.25, 0.3) is 0 Å². The highest BCUT2D eigenvalue weighted by Crippen LogP contribution is 2.57. The molecule has 0 heterocycles. The minimum absolute atomic E-state index is 0.820. The molecule has 0 aromatic carbocycles. The van der Waals surface area contributed by atoms with Crippen LogP contribution >= 0.6 is 0 Å². The Morgan fingerprint density at radius 2 is 1.67 bits per heavy atom. The standard InChI is InChI=1S/C11H22Si/c1-8-5-9-6-10(8)11(7-9)12(2,3)4/h8-11H,5-7H2,1-4H3/t8-,9+,10+,11-/m0/s1. The van der Waals surface area contributed by atoms with Gasteiger partial charge >= 0.3 is 0 Å². The summed E-state index contributed by atoms with van der Waals surface area (Å²) in [5.74, 6) is 3.31. The van der Waals surface area contributed by atoms with Crippen molar-refractivity contribution in [3.05, 3.63) is 0 Å². The van der Waals surface area contributed by atoms with Gasteiger partial charge in [-0.05, 0) is 42.6 Å². The lowest BCUT2D eigenvalue weighted by molar-refractivity contribution is 0.353. The van der Waals surface area contributed by atoms with E-state index in [9.17, 15) is 0 Å². The Hall–Kier alpha value is 0.217. The van der Waals surface area contributed by atoms with E-state index in [1.807, 2.05) is 0 Å². The topological polar surface area (TPSA) is 0 Å². The van der Waals surface area contributed by atoms with Crippen LogP contribution in [-0.4, -0.2) is 8.07 Å². The maximum atomic E-state index is 2.56. The molecule has 0 nitrogen and oxygen atoms in total. The zero-order chi connectivity index (χ0) is 8.93. The molecule has 0 aromatic heterocycles. The van der Waals surface area contributed by atoms with Crippen molar-refractivity contribution >= 4 is 8.07 Å². The summed E-state index contributed by atoms with van der Waals surface area (Å²) in [7, 11) is -0.820. The van der Waals surface area contributed by atoms with Crippen LogP contribution < -0.4 is 0 Å². The fraction of sp³-hybridized carbons (Fsp3) is 1.00. The van der Waals surface area contributed by atoms with Crippen LogP contribution in [-0.2, 0) is 0 Å². The van der Waals surface area contributed by atoms with Gasteiger partial charge in [-0.3, -0.25) is 0 Å². The molecule has 2 aliphatic rings. The van der Waals surface area contributed by atoms with Gasteiger partial charge in [0.15, 0.2) is 0 Å². The Kier molecular flexibility index (Phi) is 1.91. The van der Waals surface area contributed by atoms with Crippen molar-refractivity contribution in [3.8, 4) is 0 Å². The van der Waals surface area contributed by atoms with E-state index in [0.717, 1.165) is 23.3 Å². The zero-order valence-electron chi connectivity index (χ0n) is 8.93. The van der Waals surface area contributed by atoms with Crippen molar-refractivity contribution in [3.63, 3.8) is 0 Å². The van der Waals surface area contributed by atoms with Crippen LogP contribution in [0.25, 0.3) is 0 Å². The minimum Gasteiger partial charge on any atom is -0.0693 e. The average Bonchev–Trinajstić information content (AvgIpc) is 2.41. The second kappa shape index (κ2) is 2.60. The molecule has 0 amide bonds. The highest BCUT2D eigenvalue weighted by Gasteiger charge is 2.48. The van der Waals surface area contributed by atoms with Gasteiger partial charge in [0.05, 0.1) is 0 Å². The Morgan fingerprint density at radius 1 is 1.00 bits per heavy atom. The fourth-order valence-electron chi connectivity index (χ4n) is 3.70. The van der Waals surface area contributed by atoms with E-state index in [1.54, 1.807) is 19.3 Å². The maximum absolute atomic E-state index is 2.56. The summed E-state index contributed by atoms with van der Waals surface area (Å²) in [4.78, 5) is 0. The first-order valence-electron chi connectivity index (χ1n) is 5.48. The summed E-state index contributed by atoms with van der Waals surface area (Å²) in [6.45, 7) is 10.2. The van der Waals surface area contributed by atoms with Crippen molar-refractivity contribution in [1.29, 1.82) is 0 Å². The molecule has 12 heavy (non-hydrogen) atoms. The Bertz CT molecular complexity index is 180. The highest BCUT2D eigenvalue weighted by atomic mass is 28.3. The smallest absolute Gasteiger partial charge is 0.0476 e. The lowest BCUT2D eigenvalue weighted by Gasteiger charge is -2.35. The Morgan fingerprint density at radius 3 is 2.00 bits per heavy atom. The largest absolute Gasteiger partial charge is 0.0693 e. The average molecular weight is 182 g/mol. The lowest BCUT2D eigenvalue weighted by atomic mass is 9.90. The van der Waals surface area contributed by atoms with Gasteiger partial charge in [0.2, 0.25) is 0 Å². The maximum Gasteiger partial charge on any atom is 0.0476 e. The van der Waals surface area contributed by atoms with Gasteiger partial charge in [0.1, 0.15) is 0 Å². The molecule has 2 fully saturated rings. The molecule has 2 bridgehead atoms. The third-order valence-corrected chi connectivity index (χ3v) is 7.15. The SMILES string of the molecule is C[C@H]1C[C@@H]2C[C@H]1[C@@H]([Si](C)(C)C)C2. The monoisotopic (exact) mass is 182 g/mol. The zero-order valence-corrected chi connectivity index (χ0v) is 9.93. The number of hydrogen-bond acceptors (Lipinski definition) is 0. The Labute approximate surface area is 77.8 Å². The molecule has 4 atom stereocenters. The highest BCUT2D eigenvalue weighted by molar-refractivity contribution is 6.77. The molecule has 2 rings (SSSR count). The summed E-state index contributed by atoms with van der Waals surface area (Å²) in [5.41, 5.74) is 1.16. The molecule has 0 saturated heterocycles. The second-order valence-corrected chi connectivity index (χ2v) is 11.7. The van der Waals surface area contributed by atoms with Crippen molar-refractivity contribution in [2.24, 2.45) is 17.8 Å². The molecular formula is C11H22Si. The van der Waals surface area contributed by atoms with E-state index in [1.165, 1.54) is 0 Å². The molecule has 0 aliphatic heterocycles. The van der Waals surface area contributed by atoms with Crippen LogP contribution in [0.1, 0.15) is 26.2 Å². The third kappa shape index (κ3) is 1.26. The summed E-state index contributed by atoms with van der Waals surface area (Å²) in [5, 5.41) is 0. The predicted molar refractivity (Wildman–Crippen MR) is 57.1 cm³/mol. The molecule has 0 aromatic rings. The molecule has 0 spiro atoms. The van der Waals surface area contributed by atoms with E-state index >= 15 is 0 Å². The molecule has 2 saturated carbocycles. The molecule has 1 heteroatoms. The van der Waals surface area contributed by atoms with Crippen molar-refractivity contribution in [2.75, 3.05) is 0 Å². The first-order valence-corrected chi connectivity index (χ1v) is 9.06. The van der Waals surface area contributed by atoms with E-state index < -0.39 is 8.07 Å². The summed E-state index contributed by atoms with van der Waals surface area (Å²) < 4.78 is 0. The number of fused-ring (bicyclic) bond motifs is 2. The molecule has 2 aliphatic carbocycles. The normalized spacial score (nSPS) is 47.0. The van der Waals surface area contributed by atoms with Crippen LogP contribution in [0, 0.1) is 17.8 Å². The van der Waals surface area contributed by atoms with Crippen LogP contribution in [0.4, 0.5) is 0 Å². The van der Waals surface area contributed by atoms with Gasteiger partial charge in [-0.2, -0.15) is 0 Å². The van der Waals surface area contributed by atoms with Crippen molar-refractivity contribution < 1.29 is 0 Å². The van der Waals surface area contributed by atoms with Gasteiger partial charge in [-0.1, -0.05) is 26.6 Å². The summed E-state index contributed by atoms with van der Waals surface area (Å²) in [6.07, 6.45) is 4.71. The molecule has 0 radical (unpaired) electrons. The first-order chi connectivity index (χ1) is 5.48. The van der Waals surface area contributed by atoms with Crippen LogP contribution in [0.15, 0.2) is 0 Å². The van der Waals surface area contributed by atoms with Crippen molar-refractivity contribution in [2.45, 2.75) is 51.4 Å². The van der Waals surface area contributed by atoms with Crippen molar-refractivity contribution in [1.82, 2.24) is 0 Å². The quantitative estimate of drug-likeness (QED) is 0.542. The second-order valence-electron chi connectivity index (χ2n) is 6.19. The Balaban J connectivity index is 2.12. The number of hydrogen-bond donors (Lipinski definition) is 0. The molecule has 0 unspecified atom stereocenters. The van der Waals surface area contributed by atoms with E-state index in [2.05, 4.69) is 26.6 Å². The number of rotatable bonds is 1. The molecule has 70 valence electrons. The minimum atomic E-state index is -0.820. The lowest BCUT2D eigenvalue weighted by Crippen LogP contribution is -2.34.